The molecule has 1 aliphatic heterocycles. The molecule has 1 aliphatic rings. The van der Waals surface area contributed by atoms with E-state index in [2.05, 4.69) is 24.8 Å². The van der Waals surface area contributed by atoms with E-state index in [9.17, 15) is 0 Å². The number of aromatic nitrogens is 2. The van der Waals surface area contributed by atoms with Gasteiger partial charge in [-0.25, -0.2) is 4.98 Å². The predicted molar refractivity (Wildman–Crippen MR) is 90.6 cm³/mol. The first kappa shape index (κ1) is 17.7. The molecule has 130 valence electrons. The lowest BCUT2D eigenvalue weighted by Crippen LogP contribution is -2.47. The first-order chi connectivity index (χ1) is 11.3. The Hall–Kier alpha value is -1.60. The molecular formula is C16H29N5O2. The van der Waals surface area contributed by atoms with Crippen LogP contribution in [-0.2, 0) is 16.0 Å². The minimum Gasteiger partial charge on any atom is -0.385 e. The van der Waals surface area contributed by atoms with Gasteiger partial charge in [0.1, 0.15) is 0 Å². The number of likely N-dealkylation sites (tertiary alicyclic amines) is 1. The minimum absolute atomic E-state index is 0.368. The van der Waals surface area contributed by atoms with Crippen LogP contribution in [0.2, 0.25) is 0 Å². The van der Waals surface area contributed by atoms with E-state index < -0.39 is 0 Å². The number of nitrogens with one attached hydrogen (secondary N) is 1. The van der Waals surface area contributed by atoms with E-state index in [0.29, 0.717) is 6.10 Å². The molecule has 1 aromatic heterocycles. The van der Waals surface area contributed by atoms with Crippen LogP contribution in [0.3, 0.4) is 0 Å². The maximum absolute atomic E-state index is 5.90. The fourth-order valence-electron chi connectivity index (χ4n) is 2.74. The Morgan fingerprint density at radius 2 is 2.17 bits per heavy atom. The quantitative estimate of drug-likeness (QED) is 0.439. The van der Waals surface area contributed by atoms with Crippen LogP contribution >= 0.6 is 0 Å². The summed E-state index contributed by atoms with van der Waals surface area (Å²) in [6.07, 6.45) is 9.03. The summed E-state index contributed by atoms with van der Waals surface area (Å²) in [6, 6.07) is 0. The fraction of sp³-hybridized carbons (Fsp3) is 0.750. The second-order valence-electron chi connectivity index (χ2n) is 5.68. The number of guanidine groups is 1. The van der Waals surface area contributed by atoms with Crippen molar-refractivity contribution in [3.63, 3.8) is 0 Å². The summed E-state index contributed by atoms with van der Waals surface area (Å²) < 4.78 is 13.0. The highest BCUT2D eigenvalue weighted by Crippen LogP contribution is 2.14. The molecule has 0 saturated carbocycles. The molecule has 0 bridgehead atoms. The number of hydrogen-bond acceptors (Lipinski definition) is 4. The summed E-state index contributed by atoms with van der Waals surface area (Å²) in [5.74, 6) is 0.975. The Morgan fingerprint density at radius 1 is 1.35 bits per heavy atom. The highest BCUT2D eigenvalue weighted by molar-refractivity contribution is 5.79. The Labute approximate surface area is 138 Å². The SMILES string of the molecule is CN=C(NCCn1ccnc1)N1CCC(OCCCOC)CC1. The molecular weight excluding hydrogens is 294 g/mol. The average Bonchev–Trinajstić information content (AvgIpc) is 3.10. The third kappa shape index (κ3) is 6.19. The summed E-state index contributed by atoms with van der Waals surface area (Å²) >= 11 is 0. The average molecular weight is 323 g/mol. The van der Waals surface area contributed by atoms with Crippen LogP contribution in [0.1, 0.15) is 19.3 Å². The Balaban J connectivity index is 1.64. The van der Waals surface area contributed by atoms with Crippen LogP contribution < -0.4 is 5.32 Å². The zero-order valence-corrected chi connectivity index (χ0v) is 14.3. The van der Waals surface area contributed by atoms with Crippen LogP contribution in [0.25, 0.3) is 0 Å². The predicted octanol–water partition coefficient (Wildman–Crippen LogP) is 0.976. The van der Waals surface area contributed by atoms with Crippen molar-refractivity contribution in [2.45, 2.75) is 31.9 Å². The maximum atomic E-state index is 5.90. The van der Waals surface area contributed by atoms with E-state index in [1.54, 1.807) is 13.3 Å². The monoisotopic (exact) mass is 323 g/mol. The van der Waals surface area contributed by atoms with E-state index in [1.807, 2.05) is 19.6 Å². The molecule has 0 spiro atoms. The van der Waals surface area contributed by atoms with E-state index in [-0.39, 0.29) is 0 Å². The van der Waals surface area contributed by atoms with Crippen LogP contribution in [0.4, 0.5) is 0 Å². The number of hydrogen-bond donors (Lipinski definition) is 1. The van der Waals surface area contributed by atoms with Gasteiger partial charge in [0.05, 0.1) is 12.4 Å². The molecule has 1 N–H and O–H groups in total. The molecule has 7 nitrogen and oxygen atoms in total. The van der Waals surface area contributed by atoms with E-state index in [4.69, 9.17) is 9.47 Å². The lowest BCUT2D eigenvalue weighted by Gasteiger charge is -2.34. The number of rotatable bonds is 8. The smallest absolute Gasteiger partial charge is 0.193 e. The molecule has 0 atom stereocenters. The van der Waals surface area contributed by atoms with Gasteiger partial charge in [0.25, 0.3) is 0 Å². The molecule has 0 amide bonds. The molecule has 0 aromatic carbocycles. The van der Waals surface area contributed by atoms with Gasteiger partial charge >= 0.3 is 0 Å². The van der Waals surface area contributed by atoms with Gasteiger partial charge in [0.2, 0.25) is 0 Å². The van der Waals surface area contributed by atoms with Crippen molar-refractivity contribution in [2.24, 2.45) is 4.99 Å². The molecule has 1 saturated heterocycles. The van der Waals surface area contributed by atoms with Gasteiger partial charge in [-0.2, -0.15) is 0 Å². The first-order valence-corrected chi connectivity index (χ1v) is 8.35. The molecule has 0 unspecified atom stereocenters. The highest BCUT2D eigenvalue weighted by Gasteiger charge is 2.21. The largest absolute Gasteiger partial charge is 0.385 e. The van der Waals surface area contributed by atoms with Gasteiger partial charge in [0, 0.05) is 65.9 Å². The van der Waals surface area contributed by atoms with Crippen molar-refractivity contribution in [3.05, 3.63) is 18.7 Å². The van der Waals surface area contributed by atoms with Gasteiger partial charge < -0.3 is 24.3 Å². The summed E-state index contributed by atoms with van der Waals surface area (Å²) in [6.45, 7) is 5.26. The van der Waals surface area contributed by atoms with Crippen molar-refractivity contribution in [1.82, 2.24) is 19.8 Å². The fourth-order valence-corrected chi connectivity index (χ4v) is 2.74. The normalized spacial score (nSPS) is 16.8. The topological polar surface area (TPSA) is 63.9 Å². The number of methoxy groups -OCH3 is 1. The second-order valence-corrected chi connectivity index (χ2v) is 5.68. The van der Waals surface area contributed by atoms with Crippen molar-refractivity contribution in [1.29, 1.82) is 0 Å². The zero-order chi connectivity index (χ0) is 16.3. The van der Waals surface area contributed by atoms with E-state index in [1.165, 1.54) is 0 Å². The van der Waals surface area contributed by atoms with Crippen molar-refractivity contribution < 1.29 is 9.47 Å². The van der Waals surface area contributed by atoms with Gasteiger partial charge in [-0.1, -0.05) is 0 Å². The number of piperidine rings is 1. The van der Waals surface area contributed by atoms with Gasteiger partial charge in [-0.05, 0) is 19.3 Å². The summed E-state index contributed by atoms with van der Waals surface area (Å²) in [5.41, 5.74) is 0. The first-order valence-electron chi connectivity index (χ1n) is 8.35. The Kier molecular flexibility index (Phi) is 7.89. The standard InChI is InChI=1S/C16H29N5O2/c1-17-16(19-7-11-20-10-6-18-14-20)21-8-4-15(5-9-21)23-13-3-12-22-2/h6,10,14-15H,3-5,7-9,11-13H2,1-2H3,(H,17,19). The molecule has 0 aliphatic carbocycles. The van der Waals surface area contributed by atoms with Gasteiger partial charge in [0.15, 0.2) is 5.96 Å². The third-order valence-corrected chi connectivity index (χ3v) is 4.01. The lowest BCUT2D eigenvalue weighted by atomic mass is 10.1. The molecule has 7 heteroatoms. The van der Waals surface area contributed by atoms with Crippen molar-refractivity contribution >= 4 is 5.96 Å². The van der Waals surface area contributed by atoms with Crippen LogP contribution in [0, 0.1) is 0 Å². The maximum Gasteiger partial charge on any atom is 0.193 e. The van der Waals surface area contributed by atoms with Crippen LogP contribution in [0.5, 0.6) is 0 Å². The summed E-state index contributed by atoms with van der Waals surface area (Å²) in [7, 11) is 3.57. The summed E-state index contributed by atoms with van der Waals surface area (Å²) in [4.78, 5) is 10.7. The van der Waals surface area contributed by atoms with Crippen molar-refractivity contribution in [3.8, 4) is 0 Å². The Morgan fingerprint density at radius 3 is 2.83 bits per heavy atom. The molecule has 0 radical (unpaired) electrons. The lowest BCUT2D eigenvalue weighted by molar-refractivity contribution is 0.00991. The minimum atomic E-state index is 0.368. The third-order valence-electron chi connectivity index (χ3n) is 4.01. The molecule has 1 aromatic rings. The number of nitrogens with zero attached hydrogens (tertiary/aromatic N) is 4. The van der Waals surface area contributed by atoms with E-state index >= 15 is 0 Å². The molecule has 2 heterocycles. The molecule has 23 heavy (non-hydrogen) atoms. The molecule has 1 fully saturated rings. The number of imidazole rings is 1. The highest BCUT2D eigenvalue weighted by atomic mass is 16.5. The van der Waals surface area contributed by atoms with Crippen LogP contribution in [-0.4, -0.2) is 73.5 Å². The van der Waals surface area contributed by atoms with Crippen LogP contribution in [0.15, 0.2) is 23.7 Å². The summed E-state index contributed by atoms with van der Waals surface area (Å²) in [5, 5.41) is 3.42. The van der Waals surface area contributed by atoms with E-state index in [0.717, 1.165) is 64.6 Å². The second kappa shape index (κ2) is 10.2. The van der Waals surface area contributed by atoms with Gasteiger partial charge in [-0.3, -0.25) is 4.99 Å². The zero-order valence-electron chi connectivity index (χ0n) is 14.3. The number of ether oxygens (including phenoxy) is 2. The number of aliphatic imine (C=N–C) groups is 1. The van der Waals surface area contributed by atoms with Gasteiger partial charge in [-0.15, -0.1) is 0 Å². The molecule has 2 rings (SSSR count). The Bertz CT molecular complexity index is 441. The van der Waals surface area contributed by atoms with Crippen molar-refractivity contribution in [2.75, 3.05) is 47.0 Å².